The molecule has 1 amide bonds. The standard InChI is InChI=1S/C24H26N4OS/c1-3-16-28-23(20-14-15-20)25-26-24(28)30-17-21(29)27(2)22(18-10-6-4-7-11-18)19-12-8-5-9-13-19/h3-13,20,22H,1,14-17H2,2H3. The molecule has 1 aromatic heterocycles. The molecule has 0 N–H and O–H groups in total. The Labute approximate surface area is 181 Å². The molecule has 0 spiro atoms. The number of hydrogen-bond donors (Lipinski definition) is 0. The minimum absolute atomic E-state index is 0.0545. The number of thioether (sulfide) groups is 1. The minimum atomic E-state index is -0.131. The van der Waals surface area contributed by atoms with Crippen molar-refractivity contribution in [3.05, 3.63) is 90.3 Å². The average Bonchev–Trinajstić information content (AvgIpc) is 3.55. The van der Waals surface area contributed by atoms with Crippen LogP contribution in [0.1, 0.15) is 41.8 Å². The van der Waals surface area contributed by atoms with Gasteiger partial charge in [-0.25, -0.2) is 0 Å². The van der Waals surface area contributed by atoms with Crippen LogP contribution < -0.4 is 0 Å². The molecule has 4 rings (SSSR count). The van der Waals surface area contributed by atoms with E-state index >= 15 is 0 Å². The highest BCUT2D eigenvalue weighted by atomic mass is 32.2. The highest BCUT2D eigenvalue weighted by Gasteiger charge is 2.30. The second kappa shape index (κ2) is 9.30. The summed E-state index contributed by atoms with van der Waals surface area (Å²) in [6, 6.07) is 20.2. The molecule has 1 aliphatic carbocycles. The van der Waals surface area contributed by atoms with Gasteiger partial charge in [0.15, 0.2) is 5.16 Å². The smallest absolute Gasteiger partial charge is 0.233 e. The van der Waals surface area contributed by atoms with Crippen molar-refractivity contribution in [3.8, 4) is 0 Å². The molecule has 1 saturated carbocycles. The van der Waals surface area contributed by atoms with Crippen molar-refractivity contribution >= 4 is 17.7 Å². The lowest BCUT2D eigenvalue weighted by Crippen LogP contribution is -2.33. The maximum absolute atomic E-state index is 13.2. The van der Waals surface area contributed by atoms with Crippen LogP contribution in [0.3, 0.4) is 0 Å². The molecule has 154 valence electrons. The summed E-state index contributed by atoms with van der Waals surface area (Å²) in [5.74, 6) is 1.89. The van der Waals surface area contributed by atoms with E-state index in [-0.39, 0.29) is 11.9 Å². The van der Waals surface area contributed by atoms with E-state index in [0.29, 0.717) is 18.2 Å². The Bertz CT molecular complexity index is 959. The lowest BCUT2D eigenvalue weighted by Gasteiger charge is -2.29. The summed E-state index contributed by atoms with van der Waals surface area (Å²) >= 11 is 1.45. The molecular formula is C24H26N4OS. The molecule has 0 unspecified atom stereocenters. The summed E-state index contributed by atoms with van der Waals surface area (Å²) in [6.07, 6.45) is 4.18. The summed E-state index contributed by atoms with van der Waals surface area (Å²) < 4.78 is 2.09. The quantitative estimate of drug-likeness (QED) is 0.374. The summed E-state index contributed by atoms with van der Waals surface area (Å²) in [4.78, 5) is 15.0. The van der Waals surface area contributed by atoms with E-state index in [0.717, 1.165) is 34.9 Å². The molecule has 6 heteroatoms. The molecule has 0 bridgehead atoms. The molecule has 1 heterocycles. The van der Waals surface area contributed by atoms with E-state index in [1.165, 1.54) is 11.8 Å². The van der Waals surface area contributed by atoms with Gasteiger partial charge in [0.1, 0.15) is 5.82 Å². The van der Waals surface area contributed by atoms with E-state index in [1.54, 1.807) is 0 Å². The number of hydrogen-bond acceptors (Lipinski definition) is 4. The second-order valence-corrected chi connectivity index (χ2v) is 8.47. The predicted molar refractivity (Wildman–Crippen MR) is 120 cm³/mol. The van der Waals surface area contributed by atoms with Crippen molar-refractivity contribution in [1.29, 1.82) is 0 Å². The van der Waals surface area contributed by atoms with Gasteiger partial charge in [-0.1, -0.05) is 78.5 Å². The van der Waals surface area contributed by atoms with Gasteiger partial charge in [-0.15, -0.1) is 16.8 Å². The molecule has 0 saturated heterocycles. The van der Waals surface area contributed by atoms with Crippen molar-refractivity contribution in [2.75, 3.05) is 12.8 Å². The third-order valence-corrected chi connectivity index (χ3v) is 6.29. The van der Waals surface area contributed by atoms with Crippen LogP contribution in [0.15, 0.2) is 78.5 Å². The van der Waals surface area contributed by atoms with E-state index in [4.69, 9.17) is 0 Å². The zero-order chi connectivity index (χ0) is 20.9. The fraction of sp³-hybridized carbons (Fsp3) is 0.292. The van der Waals surface area contributed by atoms with Crippen LogP contribution >= 0.6 is 11.8 Å². The summed E-state index contributed by atoms with van der Waals surface area (Å²) in [7, 11) is 1.87. The first-order valence-corrected chi connectivity index (χ1v) is 11.2. The number of carbonyl (C=O) groups is 1. The van der Waals surface area contributed by atoms with Gasteiger partial charge < -0.3 is 9.47 Å². The van der Waals surface area contributed by atoms with Crippen molar-refractivity contribution in [3.63, 3.8) is 0 Å². The van der Waals surface area contributed by atoms with Gasteiger partial charge in [-0.2, -0.15) is 0 Å². The van der Waals surface area contributed by atoms with E-state index in [2.05, 4.69) is 45.6 Å². The van der Waals surface area contributed by atoms with Gasteiger partial charge in [0.2, 0.25) is 5.91 Å². The fourth-order valence-electron chi connectivity index (χ4n) is 3.63. The Balaban J connectivity index is 1.51. The van der Waals surface area contributed by atoms with Gasteiger partial charge in [-0.05, 0) is 24.0 Å². The van der Waals surface area contributed by atoms with Crippen molar-refractivity contribution in [1.82, 2.24) is 19.7 Å². The highest BCUT2D eigenvalue weighted by Crippen LogP contribution is 2.40. The SMILES string of the molecule is C=CCn1c(SCC(=O)N(C)C(c2ccccc2)c2ccccc2)nnc1C1CC1. The number of benzene rings is 2. The first kappa shape index (κ1) is 20.4. The maximum Gasteiger partial charge on any atom is 0.233 e. The molecule has 5 nitrogen and oxygen atoms in total. The Hall–Kier alpha value is -2.86. The molecule has 1 fully saturated rings. The number of nitrogens with zero attached hydrogens (tertiary/aromatic N) is 4. The van der Waals surface area contributed by atoms with Gasteiger partial charge >= 0.3 is 0 Å². The largest absolute Gasteiger partial charge is 0.334 e. The zero-order valence-electron chi connectivity index (χ0n) is 17.1. The Morgan fingerprint density at radius 1 is 1.13 bits per heavy atom. The van der Waals surface area contributed by atoms with Crippen molar-refractivity contribution < 1.29 is 4.79 Å². The summed E-state index contributed by atoms with van der Waals surface area (Å²) in [5.41, 5.74) is 2.19. The summed E-state index contributed by atoms with van der Waals surface area (Å²) in [5, 5.41) is 9.50. The third kappa shape index (κ3) is 4.49. The Morgan fingerprint density at radius 2 is 1.73 bits per heavy atom. The van der Waals surface area contributed by atoms with E-state index < -0.39 is 0 Å². The maximum atomic E-state index is 13.2. The van der Waals surface area contributed by atoms with Gasteiger partial charge in [0, 0.05) is 19.5 Å². The molecular weight excluding hydrogens is 392 g/mol. The van der Waals surface area contributed by atoms with Crippen molar-refractivity contribution in [2.45, 2.75) is 36.5 Å². The normalized spacial score (nSPS) is 13.4. The molecule has 0 aliphatic heterocycles. The highest BCUT2D eigenvalue weighted by molar-refractivity contribution is 7.99. The van der Waals surface area contributed by atoms with E-state index in [9.17, 15) is 4.79 Å². The number of rotatable bonds is 9. The van der Waals surface area contributed by atoms with Gasteiger partial charge in [-0.3, -0.25) is 4.79 Å². The van der Waals surface area contributed by atoms with Crippen LogP contribution in [0, 0.1) is 0 Å². The van der Waals surface area contributed by atoms with Crippen LogP contribution in [0.5, 0.6) is 0 Å². The van der Waals surface area contributed by atoms with Crippen LogP contribution in [0.4, 0.5) is 0 Å². The predicted octanol–water partition coefficient (Wildman–Crippen LogP) is 4.68. The average molecular weight is 419 g/mol. The molecule has 0 radical (unpaired) electrons. The molecule has 2 aromatic carbocycles. The van der Waals surface area contributed by atoms with Crippen LogP contribution in [0.25, 0.3) is 0 Å². The van der Waals surface area contributed by atoms with Crippen LogP contribution in [0.2, 0.25) is 0 Å². The monoisotopic (exact) mass is 418 g/mol. The fourth-order valence-corrected chi connectivity index (χ4v) is 4.51. The molecule has 3 aromatic rings. The first-order chi connectivity index (χ1) is 14.7. The lowest BCUT2D eigenvalue weighted by atomic mass is 9.97. The number of carbonyl (C=O) groups excluding carboxylic acids is 1. The number of amides is 1. The van der Waals surface area contributed by atoms with Crippen molar-refractivity contribution in [2.24, 2.45) is 0 Å². The number of allylic oxidation sites excluding steroid dienone is 1. The van der Waals surface area contributed by atoms with Gasteiger partial charge in [0.25, 0.3) is 0 Å². The number of aromatic nitrogens is 3. The van der Waals surface area contributed by atoms with Gasteiger partial charge in [0.05, 0.1) is 11.8 Å². The lowest BCUT2D eigenvalue weighted by molar-refractivity contribution is -0.128. The minimum Gasteiger partial charge on any atom is -0.334 e. The topological polar surface area (TPSA) is 51.0 Å². The third-order valence-electron chi connectivity index (χ3n) is 5.34. The Kier molecular flexibility index (Phi) is 6.33. The molecule has 30 heavy (non-hydrogen) atoms. The first-order valence-electron chi connectivity index (χ1n) is 10.2. The van der Waals surface area contributed by atoms with Crippen LogP contribution in [-0.4, -0.2) is 38.4 Å². The van der Waals surface area contributed by atoms with E-state index in [1.807, 2.05) is 54.4 Å². The second-order valence-electron chi connectivity index (χ2n) is 7.53. The molecule has 1 aliphatic rings. The Morgan fingerprint density at radius 3 is 2.27 bits per heavy atom. The summed E-state index contributed by atoms with van der Waals surface area (Å²) in [6.45, 7) is 4.52. The zero-order valence-corrected chi connectivity index (χ0v) is 18.0. The van der Waals surface area contributed by atoms with Crippen LogP contribution in [-0.2, 0) is 11.3 Å². The molecule has 0 atom stereocenters.